The number of carboxylic acid groups (broad SMARTS) is 1. The van der Waals surface area contributed by atoms with Crippen LogP contribution in [0.4, 0.5) is 9.59 Å². The van der Waals surface area contributed by atoms with E-state index in [1.165, 1.54) is 14.9 Å². The number of urea groups is 1. The van der Waals surface area contributed by atoms with Gasteiger partial charge >= 0.3 is 12.1 Å². The fourth-order valence-electron chi connectivity index (χ4n) is 4.33. The Bertz CT molecular complexity index is 791. The molecule has 0 unspecified atom stereocenters. The number of hydrogen-bond acceptors (Lipinski definition) is 5. The van der Waals surface area contributed by atoms with Gasteiger partial charge < -0.3 is 14.9 Å². The molecule has 3 aliphatic rings. The molecule has 10 heteroatoms. The first-order chi connectivity index (χ1) is 14.5. The second kappa shape index (κ2) is 8.88. The first kappa shape index (κ1) is 20.4. The summed E-state index contributed by atoms with van der Waals surface area (Å²) in [6.45, 7) is 1.29. The Hall–Kier alpha value is -2.85. The van der Waals surface area contributed by atoms with Crippen molar-refractivity contribution in [1.82, 2.24) is 20.3 Å². The average molecular weight is 418 g/mol. The van der Waals surface area contributed by atoms with Crippen LogP contribution in [-0.2, 0) is 21.1 Å². The van der Waals surface area contributed by atoms with Crippen LogP contribution in [0.1, 0.15) is 31.2 Å². The summed E-state index contributed by atoms with van der Waals surface area (Å²) in [7, 11) is 0. The third-order valence-corrected chi connectivity index (χ3v) is 5.91. The molecular formula is C20H26N4O6. The molecule has 0 radical (unpaired) electrons. The maximum absolute atomic E-state index is 12.8. The molecule has 4 amide bonds. The zero-order valence-electron chi connectivity index (χ0n) is 16.6. The number of rotatable bonds is 7. The van der Waals surface area contributed by atoms with Crippen LogP contribution in [0.15, 0.2) is 30.3 Å². The van der Waals surface area contributed by atoms with Crippen molar-refractivity contribution in [3.63, 3.8) is 0 Å². The maximum Gasteiger partial charge on any atom is 0.407 e. The molecule has 162 valence electrons. The van der Waals surface area contributed by atoms with E-state index in [-0.39, 0.29) is 24.7 Å². The van der Waals surface area contributed by atoms with Crippen molar-refractivity contribution in [2.45, 2.75) is 50.4 Å². The SMILES string of the molecule is O=C(NOC[C@H]1CCCN1C(=O)O)[C@@H]1CC[C@@H]2CN1C(=O)N2OCc1ccccc1. The van der Waals surface area contributed by atoms with Gasteiger partial charge in [0.15, 0.2) is 0 Å². The highest BCUT2D eigenvalue weighted by Gasteiger charge is 2.48. The normalized spacial score (nSPS) is 25.7. The summed E-state index contributed by atoms with van der Waals surface area (Å²) in [5, 5.41) is 10.5. The van der Waals surface area contributed by atoms with Crippen LogP contribution in [0.25, 0.3) is 0 Å². The molecule has 0 saturated carbocycles. The molecule has 3 aliphatic heterocycles. The fourth-order valence-corrected chi connectivity index (χ4v) is 4.33. The second-order valence-electron chi connectivity index (χ2n) is 7.82. The van der Waals surface area contributed by atoms with E-state index in [1.54, 1.807) is 0 Å². The molecular weight excluding hydrogens is 392 g/mol. The van der Waals surface area contributed by atoms with Crippen LogP contribution in [-0.4, -0.2) is 75.8 Å². The number of amides is 4. The molecule has 3 heterocycles. The molecule has 1 aromatic rings. The largest absolute Gasteiger partial charge is 0.465 e. The van der Waals surface area contributed by atoms with E-state index in [9.17, 15) is 14.4 Å². The summed E-state index contributed by atoms with van der Waals surface area (Å²) >= 11 is 0. The summed E-state index contributed by atoms with van der Waals surface area (Å²) in [6.07, 6.45) is 1.67. The third-order valence-electron chi connectivity index (χ3n) is 5.91. The van der Waals surface area contributed by atoms with Gasteiger partial charge in [0.25, 0.3) is 5.91 Å². The summed E-state index contributed by atoms with van der Waals surface area (Å²) in [6, 6.07) is 8.30. The standard InChI is InChI=1S/C20H26N4O6/c25-18(21-29-13-16-7-4-10-22(16)20(27)28)17-9-8-15-11-23(17)19(26)24(15)30-12-14-5-2-1-3-6-14/h1-3,5-6,15-17H,4,7-13H2,(H,21,25)(H,27,28)/t15-,16-,17+/m1/s1. The number of carbonyl (C=O) groups is 3. The van der Waals surface area contributed by atoms with E-state index in [2.05, 4.69) is 5.48 Å². The lowest BCUT2D eigenvalue weighted by atomic mass is 10.0. The number of nitrogens with zero attached hydrogens (tertiary/aromatic N) is 3. The smallest absolute Gasteiger partial charge is 0.407 e. The Morgan fingerprint density at radius 1 is 1.17 bits per heavy atom. The molecule has 2 bridgehead atoms. The van der Waals surface area contributed by atoms with Gasteiger partial charge in [-0.25, -0.2) is 15.1 Å². The average Bonchev–Trinajstić information content (AvgIpc) is 3.31. The van der Waals surface area contributed by atoms with Crippen molar-refractivity contribution in [2.24, 2.45) is 0 Å². The molecule has 2 N–H and O–H groups in total. The second-order valence-corrected chi connectivity index (χ2v) is 7.82. The van der Waals surface area contributed by atoms with Gasteiger partial charge in [0.1, 0.15) is 12.6 Å². The van der Waals surface area contributed by atoms with Crippen molar-refractivity contribution in [2.75, 3.05) is 19.7 Å². The Labute approximate surface area is 174 Å². The van der Waals surface area contributed by atoms with Gasteiger partial charge in [0, 0.05) is 13.1 Å². The van der Waals surface area contributed by atoms with Gasteiger partial charge in [-0.05, 0) is 31.2 Å². The molecule has 3 fully saturated rings. The quantitative estimate of drug-likeness (QED) is 0.651. The first-order valence-electron chi connectivity index (χ1n) is 10.2. The predicted octanol–water partition coefficient (Wildman–Crippen LogP) is 1.58. The lowest BCUT2D eigenvalue weighted by Crippen LogP contribution is -2.50. The number of likely N-dealkylation sites (tertiary alicyclic amines) is 1. The van der Waals surface area contributed by atoms with E-state index in [0.717, 1.165) is 12.0 Å². The summed E-state index contributed by atoms with van der Waals surface area (Å²) in [5.41, 5.74) is 3.37. The minimum Gasteiger partial charge on any atom is -0.465 e. The summed E-state index contributed by atoms with van der Waals surface area (Å²) in [4.78, 5) is 50.4. The highest BCUT2D eigenvalue weighted by atomic mass is 16.7. The van der Waals surface area contributed by atoms with Gasteiger partial charge in [-0.1, -0.05) is 30.3 Å². The molecule has 3 saturated heterocycles. The zero-order valence-corrected chi connectivity index (χ0v) is 16.6. The molecule has 4 rings (SSSR count). The van der Waals surface area contributed by atoms with Gasteiger partial charge in [-0.2, -0.15) is 5.06 Å². The number of benzene rings is 1. The lowest BCUT2D eigenvalue weighted by Gasteiger charge is -2.29. The van der Waals surface area contributed by atoms with Gasteiger partial charge in [0.05, 0.1) is 18.7 Å². The number of hydrogen-bond donors (Lipinski definition) is 2. The van der Waals surface area contributed by atoms with Crippen molar-refractivity contribution in [3.8, 4) is 0 Å². The minimum absolute atomic E-state index is 0.0752. The molecule has 10 nitrogen and oxygen atoms in total. The predicted molar refractivity (Wildman–Crippen MR) is 104 cm³/mol. The van der Waals surface area contributed by atoms with E-state index in [0.29, 0.717) is 39.0 Å². The summed E-state index contributed by atoms with van der Waals surface area (Å²) in [5.74, 6) is -0.397. The van der Waals surface area contributed by atoms with Crippen LogP contribution in [0.3, 0.4) is 0 Å². The Kier molecular flexibility index (Phi) is 6.05. The van der Waals surface area contributed by atoms with E-state index in [4.69, 9.17) is 14.8 Å². The molecule has 1 aromatic carbocycles. The highest BCUT2D eigenvalue weighted by Crippen LogP contribution is 2.30. The third kappa shape index (κ3) is 4.19. The zero-order chi connectivity index (χ0) is 21.1. The number of hydroxylamine groups is 3. The Balaban J connectivity index is 1.27. The van der Waals surface area contributed by atoms with E-state index >= 15 is 0 Å². The van der Waals surface area contributed by atoms with Crippen molar-refractivity contribution in [1.29, 1.82) is 0 Å². The van der Waals surface area contributed by atoms with Crippen molar-refractivity contribution < 1.29 is 29.2 Å². The molecule has 30 heavy (non-hydrogen) atoms. The van der Waals surface area contributed by atoms with Crippen LogP contribution in [0.5, 0.6) is 0 Å². The number of carbonyl (C=O) groups excluding carboxylic acids is 2. The molecule has 3 atom stereocenters. The summed E-state index contributed by atoms with van der Waals surface area (Å²) < 4.78 is 0. The highest BCUT2D eigenvalue weighted by molar-refractivity contribution is 5.88. The van der Waals surface area contributed by atoms with Crippen molar-refractivity contribution in [3.05, 3.63) is 35.9 Å². The van der Waals surface area contributed by atoms with Crippen LogP contribution in [0, 0.1) is 0 Å². The fraction of sp³-hybridized carbons (Fsp3) is 0.550. The van der Waals surface area contributed by atoms with Gasteiger partial charge in [0.2, 0.25) is 0 Å². The maximum atomic E-state index is 12.8. The molecule has 0 aromatic heterocycles. The molecule has 0 spiro atoms. The van der Waals surface area contributed by atoms with E-state index < -0.39 is 18.0 Å². The van der Waals surface area contributed by atoms with Crippen LogP contribution >= 0.6 is 0 Å². The van der Waals surface area contributed by atoms with Gasteiger partial charge in [-0.3, -0.25) is 14.5 Å². The van der Waals surface area contributed by atoms with Gasteiger partial charge in [-0.15, -0.1) is 0 Å². The van der Waals surface area contributed by atoms with E-state index in [1.807, 2.05) is 30.3 Å². The minimum atomic E-state index is -0.982. The first-order valence-corrected chi connectivity index (χ1v) is 10.2. The Morgan fingerprint density at radius 3 is 2.73 bits per heavy atom. The molecule has 0 aliphatic carbocycles. The van der Waals surface area contributed by atoms with Crippen molar-refractivity contribution >= 4 is 18.0 Å². The van der Waals surface area contributed by atoms with Crippen LogP contribution < -0.4 is 5.48 Å². The number of nitrogens with one attached hydrogen (secondary N) is 1. The topological polar surface area (TPSA) is 112 Å². The monoisotopic (exact) mass is 418 g/mol. The lowest BCUT2D eigenvalue weighted by molar-refractivity contribution is -0.141. The number of piperidine rings is 1. The van der Waals surface area contributed by atoms with Crippen LogP contribution in [0.2, 0.25) is 0 Å². The Morgan fingerprint density at radius 2 is 1.97 bits per heavy atom. The number of fused-ring (bicyclic) bond motifs is 2.